The van der Waals surface area contributed by atoms with Crippen molar-refractivity contribution in [2.75, 3.05) is 28.6 Å². The molecule has 2 aromatic heterocycles. The van der Waals surface area contributed by atoms with Gasteiger partial charge in [-0.05, 0) is 55.2 Å². The van der Waals surface area contributed by atoms with Crippen LogP contribution in [0.15, 0.2) is 42.5 Å². The molecule has 36 heavy (non-hydrogen) atoms. The summed E-state index contributed by atoms with van der Waals surface area (Å²) in [4.78, 5) is 16.9. The summed E-state index contributed by atoms with van der Waals surface area (Å²) in [5, 5.41) is 7.69. The number of piperidine rings is 1. The fraction of sp³-hybridized carbons (Fsp3) is 0.292. The molecule has 0 amide bonds. The fourth-order valence-corrected chi connectivity index (χ4v) is 5.24. The number of hydrogen-bond acceptors (Lipinski definition) is 7. The summed E-state index contributed by atoms with van der Waals surface area (Å²) in [5.41, 5.74) is 0.744. The normalized spacial score (nSPS) is 14.9. The second-order valence-electron chi connectivity index (χ2n) is 8.64. The number of benzene rings is 2. The summed E-state index contributed by atoms with van der Waals surface area (Å²) in [5.74, 6) is 1.59. The number of para-hydroxylation sites is 1. The summed E-state index contributed by atoms with van der Waals surface area (Å²) in [6.45, 7) is 3.87. The SMILES string of the molecule is CC1CCN(c2nc(Nc3ccc(C(F)(F)F)cc3)c3nc(Nc4c(Cl)cccc4Cl)sc3n2)CC1. The molecule has 6 nitrogen and oxygen atoms in total. The first-order valence-corrected chi connectivity index (χ1v) is 12.8. The van der Waals surface area contributed by atoms with Crippen LogP contribution in [0.5, 0.6) is 0 Å². The highest BCUT2D eigenvalue weighted by atomic mass is 35.5. The van der Waals surface area contributed by atoms with Gasteiger partial charge in [0.15, 0.2) is 15.8 Å². The molecular weight excluding hydrogens is 532 g/mol. The third-order valence-corrected chi connectivity index (χ3v) is 7.48. The highest BCUT2D eigenvalue weighted by Gasteiger charge is 2.30. The standard InChI is InChI=1S/C24H21Cl2F3N6S/c1-13-9-11-35(12-10-13)22-33-20(30-15-7-5-14(6-8-15)24(27,28)29)19-21(34-22)36-23(32-19)31-18-16(25)3-2-4-17(18)26/h2-8,13H,9-12H2,1H3,(H,31,32)(H,30,33,34). The van der Waals surface area contributed by atoms with Crippen molar-refractivity contribution in [2.24, 2.45) is 5.92 Å². The third kappa shape index (κ3) is 5.30. The van der Waals surface area contributed by atoms with E-state index in [0.29, 0.717) is 54.6 Å². The van der Waals surface area contributed by atoms with Gasteiger partial charge in [-0.25, -0.2) is 4.98 Å². The Hall–Kier alpha value is -2.82. The summed E-state index contributed by atoms with van der Waals surface area (Å²) >= 11 is 13.9. The van der Waals surface area contributed by atoms with E-state index in [0.717, 1.165) is 38.1 Å². The Labute approximate surface area is 219 Å². The van der Waals surface area contributed by atoms with Gasteiger partial charge < -0.3 is 15.5 Å². The van der Waals surface area contributed by atoms with Gasteiger partial charge in [0.1, 0.15) is 5.52 Å². The molecule has 3 heterocycles. The van der Waals surface area contributed by atoms with Crippen molar-refractivity contribution in [1.29, 1.82) is 0 Å². The van der Waals surface area contributed by atoms with Crippen molar-refractivity contribution in [3.8, 4) is 0 Å². The van der Waals surface area contributed by atoms with E-state index in [-0.39, 0.29) is 0 Å². The highest BCUT2D eigenvalue weighted by molar-refractivity contribution is 7.22. The van der Waals surface area contributed by atoms with E-state index in [1.54, 1.807) is 18.2 Å². The molecule has 5 rings (SSSR count). The first kappa shape index (κ1) is 24.9. The largest absolute Gasteiger partial charge is 0.416 e. The van der Waals surface area contributed by atoms with E-state index in [1.807, 2.05) is 0 Å². The van der Waals surface area contributed by atoms with E-state index >= 15 is 0 Å². The van der Waals surface area contributed by atoms with Crippen LogP contribution in [0.1, 0.15) is 25.3 Å². The van der Waals surface area contributed by atoms with E-state index < -0.39 is 11.7 Å². The Kier molecular flexibility index (Phi) is 6.84. The van der Waals surface area contributed by atoms with E-state index in [9.17, 15) is 13.2 Å². The third-order valence-electron chi connectivity index (χ3n) is 5.98. The Morgan fingerprint density at radius 3 is 2.25 bits per heavy atom. The summed E-state index contributed by atoms with van der Waals surface area (Å²) in [6, 6.07) is 9.98. The highest BCUT2D eigenvalue weighted by Crippen LogP contribution is 2.38. The smallest absolute Gasteiger partial charge is 0.341 e. The van der Waals surface area contributed by atoms with Gasteiger partial charge in [0.2, 0.25) is 5.95 Å². The van der Waals surface area contributed by atoms with Crippen molar-refractivity contribution < 1.29 is 13.2 Å². The monoisotopic (exact) mass is 552 g/mol. The lowest BCUT2D eigenvalue weighted by atomic mass is 10.00. The van der Waals surface area contributed by atoms with Crippen LogP contribution < -0.4 is 15.5 Å². The van der Waals surface area contributed by atoms with Gasteiger partial charge in [0.05, 0.1) is 21.3 Å². The first-order chi connectivity index (χ1) is 17.2. The zero-order valence-electron chi connectivity index (χ0n) is 19.0. The molecule has 0 aliphatic carbocycles. The van der Waals surface area contributed by atoms with Crippen molar-refractivity contribution in [3.05, 3.63) is 58.1 Å². The number of thiazole rings is 1. The molecule has 0 bridgehead atoms. The van der Waals surface area contributed by atoms with E-state index in [1.165, 1.54) is 23.5 Å². The number of alkyl halides is 3. The molecule has 4 aromatic rings. The van der Waals surface area contributed by atoms with Gasteiger partial charge in [0.25, 0.3) is 0 Å². The van der Waals surface area contributed by atoms with Gasteiger partial charge >= 0.3 is 6.18 Å². The average Bonchev–Trinajstić information content (AvgIpc) is 3.25. The molecule has 0 spiro atoms. The zero-order chi connectivity index (χ0) is 25.4. The van der Waals surface area contributed by atoms with Crippen LogP contribution in [0.3, 0.4) is 0 Å². The van der Waals surface area contributed by atoms with Crippen molar-refractivity contribution >= 4 is 73.2 Å². The number of aromatic nitrogens is 3. The molecule has 2 aromatic carbocycles. The number of halogens is 5. The van der Waals surface area contributed by atoms with Crippen LogP contribution in [0.25, 0.3) is 10.3 Å². The van der Waals surface area contributed by atoms with Crippen LogP contribution >= 0.6 is 34.5 Å². The lowest BCUT2D eigenvalue weighted by Gasteiger charge is -2.30. The van der Waals surface area contributed by atoms with Gasteiger partial charge in [-0.15, -0.1) is 0 Å². The maximum Gasteiger partial charge on any atom is 0.416 e. The molecule has 2 N–H and O–H groups in total. The number of rotatable bonds is 5. The minimum Gasteiger partial charge on any atom is -0.341 e. The molecule has 188 valence electrons. The average molecular weight is 553 g/mol. The van der Waals surface area contributed by atoms with Crippen LogP contribution in [-0.4, -0.2) is 28.0 Å². The second-order valence-corrected chi connectivity index (χ2v) is 10.4. The Balaban J connectivity index is 1.53. The first-order valence-electron chi connectivity index (χ1n) is 11.3. The molecule has 1 saturated heterocycles. The quantitative estimate of drug-likeness (QED) is 0.260. The molecular formula is C24H21Cl2F3N6S. The Morgan fingerprint density at radius 1 is 0.944 bits per heavy atom. The minimum atomic E-state index is -4.41. The van der Waals surface area contributed by atoms with Crippen LogP contribution in [0, 0.1) is 5.92 Å². The van der Waals surface area contributed by atoms with Crippen molar-refractivity contribution in [2.45, 2.75) is 25.9 Å². The predicted octanol–water partition coefficient (Wildman–Crippen LogP) is 8.14. The van der Waals surface area contributed by atoms with Gasteiger partial charge in [0, 0.05) is 18.8 Å². The van der Waals surface area contributed by atoms with Crippen LogP contribution in [0.2, 0.25) is 10.0 Å². The second kappa shape index (κ2) is 9.91. The number of anilines is 5. The number of fused-ring (bicyclic) bond motifs is 1. The maximum atomic E-state index is 13.0. The number of hydrogen-bond donors (Lipinski definition) is 2. The minimum absolute atomic E-state index is 0.405. The van der Waals surface area contributed by atoms with Gasteiger partial charge in [-0.1, -0.05) is 47.5 Å². The van der Waals surface area contributed by atoms with E-state index in [2.05, 4.69) is 27.4 Å². The topological polar surface area (TPSA) is 66.0 Å². The Morgan fingerprint density at radius 2 is 1.61 bits per heavy atom. The lowest BCUT2D eigenvalue weighted by Crippen LogP contribution is -2.34. The summed E-state index contributed by atoms with van der Waals surface area (Å²) in [6.07, 6.45) is -2.35. The molecule has 1 aliphatic rings. The van der Waals surface area contributed by atoms with Crippen molar-refractivity contribution in [3.63, 3.8) is 0 Å². The zero-order valence-corrected chi connectivity index (χ0v) is 21.4. The molecule has 12 heteroatoms. The van der Waals surface area contributed by atoms with Crippen molar-refractivity contribution in [1.82, 2.24) is 15.0 Å². The Bertz CT molecular complexity index is 1370. The maximum absolute atomic E-state index is 13.0. The molecule has 0 atom stereocenters. The van der Waals surface area contributed by atoms with Crippen LogP contribution in [0.4, 0.5) is 41.4 Å². The van der Waals surface area contributed by atoms with Crippen LogP contribution in [-0.2, 0) is 6.18 Å². The van der Waals surface area contributed by atoms with Gasteiger partial charge in [-0.2, -0.15) is 23.1 Å². The molecule has 0 saturated carbocycles. The van der Waals surface area contributed by atoms with Gasteiger partial charge in [-0.3, -0.25) is 0 Å². The van der Waals surface area contributed by atoms with E-state index in [4.69, 9.17) is 33.2 Å². The summed E-state index contributed by atoms with van der Waals surface area (Å²) in [7, 11) is 0. The molecule has 1 fully saturated rings. The molecule has 1 aliphatic heterocycles. The predicted molar refractivity (Wildman–Crippen MR) is 140 cm³/mol. The number of nitrogens with one attached hydrogen (secondary N) is 2. The molecule has 0 radical (unpaired) electrons. The summed E-state index contributed by atoms with van der Waals surface area (Å²) < 4.78 is 39.0. The number of nitrogens with zero attached hydrogens (tertiary/aromatic N) is 4. The lowest BCUT2D eigenvalue weighted by molar-refractivity contribution is -0.137. The fourth-order valence-electron chi connectivity index (χ4n) is 3.90. The molecule has 0 unspecified atom stereocenters.